The zero-order valence-electron chi connectivity index (χ0n) is 14.8. The third-order valence-electron chi connectivity index (χ3n) is 4.11. The molecule has 0 atom stereocenters. The van der Waals surface area contributed by atoms with E-state index in [4.69, 9.17) is 4.74 Å². The first-order valence-electron chi connectivity index (χ1n) is 8.28. The molecule has 4 rings (SSSR count). The standard InChI is InChI=1S/C20H16N4O2S/c1-12-15(10-13-9-14(26-2)6-7-16(13)22-12)19(25)24-20-23-18(11-27-20)17-5-3-4-8-21-17/h3-11H,1-2H3,(H,23,24,25). The first-order chi connectivity index (χ1) is 13.1. The van der Waals surface area contributed by atoms with Gasteiger partial charge in [-0.25, -0.2) is 4.98 Å². The quantitative estimate of drug-likeness (QED) is 0.574. The van der Waals surface area contributed by atoms with E-state index in [1.54, 1.807) is 13.3 Å². The fraction of sp³-hybridized carbons (Fsp3) is 0.100. The molecule has 1 aromatic carbocycles. The number of carbonyl (C=O) groups excluding carboxylic acids is 1. The van der Waals surface area contributed by atoms with Crippen LogP contribution >= 0.6 is 11.3 Å². The molecule has 1 N–H and O–H groups in total. The molecule has 1 amide bonds. The first kappa shape index (κ1) is 17.1. The highest BCUT2D eigenvalue weighted by molar-refractivity contribution is 7.14. The van der Waals surface area contributed by atoms with Crippen molar-refractivity contribution in [3.8, 4) is 17.1 Å². The Bertz CT molecular complexity index is 1130. The van der Waals surface area contributed by atoms with Gasteiger partial charge in [-0.05, 0) is 43.3 Å². The van der Waals surface area contributed by atoms with Gasteiger partial charge < -0.3 is 4.74 Å². The lowest BCUT2D eigenvalue weighted by atomic mass is 10.1. The summed E-state index contributed by atoms with van der Waals surface area (Å²) in [5, 5.41) is 6.09. The number of pyridine rings is 2. The number of aromatic nitrogens is 3. The summed E-state index contributed by atoms with van der Waals surface area (Å²) >= 11 is 1.36. The summed E-state index contributed by atoms with van der Waals surface area (Å²) in [6, 6.07) is 13.0. The lowest BCUT2D eigenvalue weighted by Crippen LogP contribution is -2.14. The number of fused-ring (bicyclic) bond motifs is 1. The van der Waals surface area contributed by atoms with E-state index in [1.165, 1.54) is 11.3 Å². The summed E-state index contributed by atoms with van der Waals surface area (Å²) in [6.07, 6.45) is 1.71. The number of nitrogens with zero attached hydrogens (tertiary/aromatic N) is 3. The van der Waals surface area contributed by atoms with Crippen LogP contribution in [0.1, 0.15) is 16.1 Å². The van der Waals surface area contributed by atoms with Crippen molar-refractivity contribution in [2.45, 2.75) is 6.92 Å². The van der Waals surface area contributed by atoms with E-state index in [2.05, 4.69) is 20.3 Å². The van der Waals surface area contributed by atoms with Crippen LogP contribution in [-0.4, -0.2) is 28.0 Å². The number of carbonyl (C=O) groups is 1. The third kappa shape index (κ3) is 3.50. The van der Waals surface area contributed by atoms with Crippen molar-refractivity contribution in [2.75, 3.05) is 12.4 Å². The summed E-state index contributed by atoms with van der Waals surface area (Å²) in [7, 11) is 1.61. The van der Waals surface area contributed by atoms with E-state index in [0.29, 0.717) is 16.4 Å². The number of amides is 1. The van der Waals surface area contributed by atoms with Crippen molar-refractivity contribution in [3.05, 3.63) is 65.3 Å². The molecule has 0 bridgehead atoms. The van der Waals surface area contributed by atoms with E-state index in [9.17, 15) is 4.79 Å². The molecule has 0 spiro atoms. The fourth-order valence-corrected chi connectivity index (χ4v) is 3.43. The van der Waals surface area contributed by atoms with Crippen molar-refractivity contribution < 1.29 is 9.53 Å². The molecular formula is C20H16N4O2S. The Morgan fingerprint density at radius 1 is 1.11 bits per heavy atom. The monoisotopic (exact) mass is 376 g/mol. The van der Waals surface area contributed by atoms with Crippen LogP contribution in [0.4, 0.5) is 5.13 Å². The van der Waals surface area contributed by atoms with Crippen LogP contribution in [0.3, 0.4) is 0 Å². The maximum absolute atomic E-state index is 12.7. The zero-order valence-corrected chi connectivity index (χ0v) is 15.6. The molecule has 0 unspecified atom stereocenters. The molecule has 0 saturated carbocycles. The summed E-state index contributed by atoms with van der Waals surface area (Å²) < 4.78 is 5.25. The van der Waals surface area contributed by atoms with Gasteiger partial charge in [-0.2, -0.15) is 0 Å². The average molecular weight is 376 g/mol. The van der Waals surface area contributed by atoms with Crippen LogP contribution in [0.15, 0.2) is 54.0 Å². The second kappa shape index (κ2) is 7.13. The van der Waals surface area contributed by atoms with Crippen molar-refractivity contribution in [2.24, 2.45) is 0 Å². The number of aryl methyl sites for hydroxylation is 1. The van der Waals surface area contributed by atoms with Crippen molar-refractivity contribution in [1.29, 1.82) is 0 Å². The Morgan fingerprint density at radius 2 is 2.00 bits per heavy atom. The molecule has 3 heterocycles. The fourth-order valence-electron chi connectivity index (χ4n) is 2.74. The smallest absolute Gasteiger partial charge is 0.259 e. The molecule has 4 aromatic rings. The molecule has 0 aliphatic carbocycles. The highest BCUT2D eigenvalue weighted by Crippen LogP contribution is 2.25. The van der Waals surface area contributed by atoms with Gasteiger partial charge in [0, 0.05) is 17.0 Å². The van der Waals surface area contributed by atoms with Gasteiger partial charge in [0.15, 0.2) is 5.13 Å². The van der Waals surface area contributed by atoms with Gasteiger partial charge in [0.1, 0.15) is 11.4 Å². The van der Waals surface area contributed by atoms with E-state index in [0.717, 1.165) is 28.0 Å². The molecule has 3 aromatic heterocycles. The number of thiazole rings is 1. The average Bonchev–Trinajstić information content (AvgIpc) is 3.16. The molecule has 6 nitrogen and oxygen atoms in total. The summed E-state index contributed by atoms with van der Waals surface area (Å²) in [5.74, 6) is 0.478. The van der Waals surface area contributed by atoms with E-state index < -0.39 is 0 Å². The van der Waals surface area contributed by atoms with Gasteiger partial charge in [0.2, 0.25) is 0 Å². The first-order valence-corrected chi connectivity index (χ1v) is 9.15. The molecule has 0 fully saturated rings. The van der Waals surface area contributed by atoms with Crippen molar-refractivity contribution >= 4 is 33.3 Å². The molecule has 134 valence electrons. The highest BCUT2D eigenvalue weighted by Gasteiger charge is 2.14. The maximum Gasteiger partial charge on any atom is 0.259 e. The number of ether oxygens (including phenoxy) is 1. The van der Waals surface area contributed by atoms with E-state index >= 15 is 0 Å². The lowest BCUT2D eigenvalue weighted by Gasteiger charge is -2.08. The van der Waals surface area contributed by atoms with Crippen LogP contribution < -0.4 is 10.1 Å². The zero-order chi connectivity index (χ0) is 18.8. The minimum atomic E-state index is -0.244. The summed E-state index contributed by atoms with van der Waals surface area (Å²) in [4.78, 5) is 26.0. The predicted molar refractivity (Wildman–Crippen MR) is 106 cm³/mol. The summed E-state index contributed by atoms with van der Waals surface area (Å²) in [5.41, 5.74) is 3.48. The number of rotatable bonds is 4. The Balaban J connectivity index is 1.61. The lowest BCUT2D eigenvalue weighted by molar-refractivity contribution is 0.102. The van der Waals surface area contributed by atoms with Gasteiger partial charge in [-0.15, -0.1) is 11.3 Å². The number of nitrogens with one attached hydrogen (secondary N) is 1. The van der Waals surface area contributed by atoms with Gasteiger partial charge in [-0.3, -0.25) is 20.1 Å². The predicted octanol–water partition coefficient (Wildman–Crippen LogP) is 4.32. The second-order valence-electron chi connectivity index (χ2n) is 5.89. The normalized spacial score (nSPS) is 10.7. The van der Waals surface area contributed by atoms with Gasteiger partial charge >= 0.3 is 0 Å². The minimum Gasteiger partial charge on any atom is -0.497 e. The van der Waals surface area contributed by atoms with Gasteiger partial charge in [-0.1, -0.05) is 6.07 Å². The maximum atomic E-state index is 12.7. The number of methoxy groups -OCH3 is 1. The molecule has 0 aliphatic heterocycles. The van der Waals surface area contributed by atoms with Crippen molar-refractivity contribution in [1.82, 2.24) is 15.0 Å². The molecular weight excluding hydrogens is 360 g/mol. The largest absolute Gasteiger partial charge is 0.497 e. The number of hydrogen-bond acceptors (Lipinski definition) is 6. The molecule has 0 aliphatic rings. The molecule has 0 saturated heterocycles. The van der Waals surface area contributed by atoms with E-state index in [-0.39, 0.29) is 5.91 Å². The van der Waals surface area contributed by atoms with Gasteiger partial charge in [0.05, 0.1) is 29.6 Å². The van der Waals surface area contributed by atoms with Crippen molar-refractivity contribution in [3.63, 3.8) is 0 Å². The Labute approximate surface area is 159 Å². The molecule has 7 heteroatoms. The Kier molecular flexibility index (Phi) is 4.52. The SMILES string of the molecule is COc1ccc2nc(C)c(C(=O)Nc3nc(-c4ccccn4)cs3)cc2c1. The van der Waals surface area contributed by atoms with Crippen LogP contribution in [0.5, 0.6) is 5.75 Å². The molecule has 0 radical (unpaired) electrons. The Hall–Kier alpha value is -3.32. The van der Waals surface area contributed by atoms with Gasteiger partial charge in [0.25, 0.3) is 5.91 Å². The third-order valence-corrected chi connectivity index (χ3v) is 4.87. The number of anilines is 1. The Morgan fingerprint density at radius 3 is 2.78 bits per heavy atom. The number of benzene rings is 1. The van der Waals surface area contributed by atoms with E-state index in [1.807, 2.05) is 54.8 Å². The minimum absolute atomic E-state index is 0.244. The molecule has 27 heavy (non-hydrogen) atoms. The van der Waals surface area contributed by atoms with Crippen LogP contribution in [0, 0.1) is 6.92 Å². The van der Waals surface area contributed by atoms with Crippen LogP contribution in [-0.2, 0) is 0 Å². The summed E-state index contributed by atoms with van der Waals surface area (Å²) in [6.45, 7) is 1.82. The van der Waals surface area contributed by atoms with Crippen LogP contribution in [0.2, 0.25) is 0 Å². The highest BCUT2D eigenvalue weighted by atomic mass is 32.1. The van der Waals surface area contributed by atoms with Crippen LogP contribution in [0.25, 0.3) is 22.3 Å². The number of hydrogen-bond donors (Lipinski definition) is 1. The second-order valence-corrected chi connectivity index (χ2v) is 6.75. The topological polar surface area (TPSA) is 77.0 Å².